The molecule has 0 N–H and O–H groups in total. The maximum absolute atomic E-state index is 13.3. The number of halogens is 5. The number of nitrogens with zero attached hydrogens (tertiary/aromatic N) is 2. The summed E-state index contributed by atoms with van der Waals surface area (Å²) in [6, 6.07) is 5.05. The van der Waals surface area contributed by atoms with E-state index in [1.165, 1.54) is 37.3 Å². The van der Waals surface area contributed by atoms with Crippen LogP contribution in [0.15, 0.2) is 53.3 Å². The first-order valence-corrected chi connectivity index (χ1v) is 9.75. The van der Waals surface area contributed by atoms with Crippen molar-refractivity contribution < 1.29 is 30.4 Å². The minimum Gasteiger partial charge on any atom is -0.299 e. The lowest BCUT2D eigenvalue weighted by atomic mass is 10.2. The Bertz CT molecular complexity index is 1030. The summed E-state index contributed by atoms with van der Waals surface area (Å²) in [5, 5.41) is 0. The van der Waals surface area contributed by atoms with E-state index in [9.17, 15) is 30.4 Å². The van der Waals surface area contributed by atoms with Crippen molar-refractivity contribution in [1.82, 2.24) is 9.55 Å². The predicted octanol–water partition coefficient (Wildman–Crippen LogP) is 4.77. The monoisotopic (exact) mass is 432 g/mol. The number of allylic oxidation sites excluding steroid dienone is 4. The van der Waals surface area contributed by atoms with Crippen LogP contribution in [0, 0.1) is 12.8 Å². The van der Waals surface area contributed by atoms with Crippen LogP contribution in [0.25, 0.3) is 11.3 Å². The maximum Gasteiger partial charge on any atom is 0.434 e. The van der Waals surface area contributed by atoms with Crippen LogP contribution >= 0.6 is 0 Å². The zero-order valence-corrected chi connectivity index (χ0v) is 16.2. The van der Waals surface area contributed by atoms with Gasteiger partial charge in [0.2, 0.25) is 0 Å². The summed E-state index contributed by atoms with van der Waals surface area (Å²) >= 11 is 0. The van der Waals surface area contributed by atoms with Crippen LogP contribution in [-0.2, 0) is 16.0 Å². The Morgan fingerprint density at radius 2 is 1.76 bits per heavy atom. The van der Waals surface area contributed by atoms with E-state index in [-0.39, 0.29) is 22.0 Å². The molecule has 156 valence electrons. The molecule has 4 nitrogen and oxygen atoms in total. The minimum atomic E-state index is -4.76. The van der Waals surface area contributed by atoms with E-state index in [0.717, 1.165) is 16.9 Å². The fourth-order valence-electron chi connectivity index (χ4n) is 2.26. The van der Waals surface area contributed by atoms with Crippen LogP contribution in [0.5, 0.6) is 0 Å². The summed E-state index contributed by atoms with van der Waals surface area (Å²) < 4.78 is 89.1. The summed E-state index contributed by atoms with van der Waals surface area (Å²) in [4.78, 5) is 3.49. The Hall–Kier alpha value is -2.93. The fourth-order valence-corrected chi connectivity index (χ4v) is 2.89. The highest BCUT2D eigenvalue weighted by atomic mass is 32.2. The lowest BCUT2D eigenvalue weighted by Gasteiger charge is -2.09. The quantitative estimate of drug-likeness (QED) is 0.389. The van der Waals surface area contributed by atoms with Crippen LogP contribution in [0.4, 0.5) is 22.0 Å². The third-order valence-corrected chi connectivity index (χ3v) is 4.68. The molecule has 2 rings (SSSR count). The third-order valence-electron chi connectivity index (χ3n) is 3.55. The standard InChI is InChI=1S/C17H15F5N2O2S.C2H2/c1-3-11(8-12(19)9-18)16-23-15(17(20,21)22)10-24(16)13-4-6-14(7-5-13)27(2,25)26;1-2/h3-8,10H,9H2,1-2H3;1-2H/b11-3+,12-8+;. The average molecular weight is 432 g/mol. The van der Waals surface area contributed by atoms with Crippen LogP contribution in [0.2, 0.25) is 0 Å². The number of alkyl halides is 4. The summed E-state index contributed by atoms with van der Waals surface area (Å²) in [7, 11) is -3.49. The van der Waals surface area contributed by atoms with Crippen molar-refractivity contribution in [3.05, 3.63) is 60.0 Å². The van der Waals surface area contributed by atoms with Crippen LogP contribution in [-0.4, -0.2) is 30.9 Å². The van der Waals surface area contributed by atoms with Gasteiger partial charge in [0, 0.05) is 23.7 Å². The highest BCUT2D eigenvalue weighted by molar-refractivity contribution is 7.90. The molecule has 29 heavy (non-hydrogen) atoms. The van der Waals surface area contributed by atoms with Gasteiger partial charge in [0.05, 0.1) is 4.90 Å². The van der Waals surface area contributed by atoms with Gasteiger partial charge >= 0.3 is 6.18 Å². The molecule has 0 unspecified atom stereocenters. The third kappa shape index (κ3) is 6.02. The van der Waals surface area contributed by atoms with Gasteiger partial charge < -0.3 is 0 Å². The van der Waals surface area contributed by atoms with E-state index in [0.29, 0.717) is 6.20 Å². The Kier molecular flexibility index (Phi) is 7.91. The molecule has 0 amide bonds. The van der Waals surface area contributed by atoms with Crippen LogP contribution < -0.4 is 0 Å². The maximum atomic E-state index is 13.3. The number of imidazole rings is 1. The van der Waals surface area contributed by atoms with Gasteiger partial charge in [-0.15, -0.1) is 12.8 Å². The van der Waals surface area contributed by atoms with E-state index in [1.807, 2.05) is 0 Å². The van der Waals surface area contributed by atoms with Gasteiger partial charge in [-0.1, -0.05) is 6.08 Å². The average Bonchev–Trinajstić information content (AvgIpc) is 3.12. The molecule has 1 aromatic carbocycles. The Morgan fingerprint density at radius 3 is 2.17 bits per heavy atom. The first-order valence-electron chi connectivity index (χ1n) is 7.86. The molecule has 0 aliphatic carbocycles. The molecule has 0 fully saturated rings. The largest absolute Gasteiger partial charge is 0.434 e. The van der Waals surface area contributed by atoms with Crippen molar-refractivity contribution in [2.45, 2.75) is 18.0 Å². The highest BCUT2D eigenvalue weighted by Crippen LogP contribution is 2.32. The molecular weight excluding hydrogens is 415 g/mol. The minimum absolute atomic E-state index is 0.0152. The second-order valence-electron chi connectivity index (χ2n) is 5.55. The number of hydrogen-bond donors (Lipinski definition) is 0. The molecular formula is C19H17F5N2O2S. The van der Waals surface area contributed by atoms with Gasteiger partial charge in [0.25, 0.3) is 0 Å². The van der Waals surface area contributed by atoms with Gasteiger partial charge in [-0.2, -0.15) is 13.2 Å². The molecule has 0 saturated heterocycles. The number of rotatable bonds is 5. The molecule has 0 radical (unpaired) electrons. The first kappa shape index (κ1) is 24.1. The van der Waals surface area contributed by atoms with Crippen molar-refractivity contribution in [2.24, 2.45) is 0 Å². The van der Waals surface area contributed by atoms with Crippen molar-refractivity contribution in [3.8, 4) is 18.5 Å². The molecule has 2 aromatic rings. The van der Waals surface area contributed by atoms with Crippen molar-refractivity contribution in [2.75, 3.05) is 12.9 Å². The predicted molar refractivity (Wildman–Crippen MR) is 100 cm³/mol. The lowest BCUT2D eigenvalue weighted by Crippen LogP contribution is -2.05. The second kappa shape index (κ2) is 9.52. The smallest absolute Gasteiger partial charge is 0.299 e. The molecule has 0 aliphatic heterocycles. The van der Waals surface area contributed by atoms with Gasteiger partial charge in [-0.3, -0.25) is 4.57 Å². The number of sulfone groups is 1. The van der Waals surface area contributed by atoms with Crippen LogP contribution in [0.3, 0.4) is 0 Å². The Morgan fingerprint density at radius 1 is 1.21 bits per heavy atom. The van der Waals surface area contributed by atoms with Crippen molar-refractivity contribution in [3.63, 3.8) is 0 Å². The normalized spacial score (nSPS) is 13.0. The zero-order valence-electron chi connectivity index (χ0n) is 15.4. The molecule has 1 heterocycles. The number of aromatic nitrogens is 2. The SMILES string of the molecule is C#C.C/C=C(\C=C(\F)CF)c1nc(C(F)(F)F)cn1-c1ccc(S(C)(=O)=O)cc1. The fraction of sp³-hybridized carbons (Fsp3) is 0.211. The molecule has 0 saturated carbocycles. The second-order valence-corrected chi connectivity index (χ2v) is 7.57. The molecule has 0 aliphatic rings. The van der Waals surface area contributed by atoms with E-state index in [4.69, 9.17) is 0 Å². The summed E-state index contributed by atoms with van der Waals surface area (Å²) in [5.41, 5.74) is -1.11. The molecule has 1 aromatic heterocycles. The van der Waals surface area contributed by atoms with E-state index >= 15 is 0 Å². The lowest BCUT2D eigenvalue weighted by molar-refractivity contribution is -0.140. The number of terminal acetylenes is 1. The summed E-state index contributed by atoms with van der Waals surface area (Å²) in [6.07, 6.45) is 6.99. The highest BCUT2D eigenvalue weighted by Gasteiger charge is 2.35. The van der Waals surface area contributed by atoms with Gasteiger partial charge in [0.15, 0.2) is 15.5 Å². The van der Waals surface area contributed by atoms with Crippen LogP contribution in [0.1, 0.15) is 18.4 Å². The number of benzene rings is 1. The summed E-state index contributed by atoms with van der Waals surface area (Å²) in [5.74, 6) is -1.43. The topological polar surface area (TPSA) is 52.0 Å². The Balaban J connectivity index is 0.00000204. The number of hydrogen-bond acceptors (Lipinski definition) is 3. The summed E-state index contributed by atoms with van der Waals surface area (Å²) in [6.45, 7) is 0.0314. The van der Waals surface area contributed by atoms with Gasteiger partial charge in [-0.05, 0) is 37.3 Å². The van der Waals surface area contributed by atoms with E-state index in [1.54, 1.807) is 0 Å². The van der Waals surface area contributed by atoms with Gasteiger partial charge in [-0.25, -0.2) is 22.2 Å². The van der Waals surface area contributed by atoms with Crippen molar-refractivity contribution in [1.29, 1.82) is 0 Å². The van der Waals surface area contributed by atoms with E-state index < -0.39 is 34.2 Å². The zero-order chi connectivity index (χ0) is 22.4. The first-order chi connectivity index (χ1) is 13.5. The van der Waals surface area contributed by atoms with Crippen molar-refractivity contribution >= 4 is 15.4 Å². The molecule has 0 bridgehead atoms. The van der Waals surface area contributed by atoms with Gasteiger partial charge in [0.1, 0.15) is 18.3 Å². The van der Waals surface area contributed by atoms with E-state index in [2.05, 4.69) is 17.8 Å². The molecule has 0 atom stereocenters. The molecule has 0 spiro atoms. The molecule has 10 heteroatoms. The Labute approximate surface area is 165 Å².